The van der Waals surface area contributed by atoms with E-state index in [1.807, 2.05) is 32.9 Å². The number of pyridine rings is 2. The summed E-state index contributed by atoms with van der Waals surface area (Å²) in [5.74, 6) is 0.540. The molecular formula is C23H26FN3O3. The zero-order valence-corrected chi connectivity index (χ0v) is 17.6. The Morgan fingerprint density at radius 1 is 1.23 bits per heavy atom. The molecule has 0 radical (unpaired) electrons. The number of benzene rings is 1. The van der Waals surface area contributed by atoms with Gasteiger partial charge < -0.3 is 15.2 Å². The van der Waals surface area contributed by atoms with E-state index >= 15 is 0 Å². The van der Waals surface area contributed by atoms with Crippen molar-refractivity contribution < 1.29 is 18.7 Å². The van der Waals surface area contributed by atoms with Crippen molar-refractivity contribution in [2.24, 2.45) is 11.7 Å². The zero-order chi connectivity index (χ0) is 21.9. The van der Waals surface area contributed by atoms with Crippen LogP contribution in [0.1, 0.15) is 32.8 Å². The minimum Gasteiger partial charge on any atom is -0.488 e. The van der Waals surface area contributed by atoms with Gasteiger partial charge >= 0.3 is 6.09 Å². The number of fused-ring (bicyclic) bond motifs is 1. The Morgan fingerprint density at radius 2 is 2.00 bits per heavy atom. The lowest BCUT2D eigenvalue weighted by Crippen LogP contribution is -2.41. The van der Waals surface area contributed by atoms with Crippen LogP contribution in [0.5, 0.6) is 5.75 Å². The second-order valence-corrected chi connectivity index (χ2v) is 8.11. The summed E-state index contributed by atoms with van der Waals surface area (Å²) in [6.45, 7) is 7.92. The fraction of sp³-hybridized carbons (Fsp3) is 0.348. The molecular weight excluding hydrogens is 385 g/mol. The molecule has 0 bridgehead atoms. The maximum atomic E-state index is 13.8. The highest BCUT2D eigenvalue weighted by Gasteiger charge is 2.30. The molecule has 30 heavy (non-hydrogen) atoms. The lowest BCUT2D eigenvalue weighted by molar-refractivity contribution is -0.0188. The molecule has 3 rings (SSSR count). The Balaban J connectivity index is 1.86. The molecule has 2 heterocycles. The molecule has 0 aliphatic rings. The van der Waals surface area contributed by atoms with Gasteiger partial charge in [-0.15, -0.1) is 0 Å². The molecule has 2 N–H and O–H groups in total. The van der Waals surface area contributed by atoms with Gasteiger partial charge in [-0.2, -0.15) is 0 Å². The number of amides is 1. The molecule has 0 saturated carbocycles. The summed E-state index contributed by atoms with van der Waals surface area (Å²) in [4.78, 5) is 20.1. The highest BCUT2D eigenvalue weighted by Crippen LogP contribution is 2.30. The van der Waals surface area contributed by atoms with Gasteiger partial charge in [0.25, 0.3) is 0 Å². The molecule has 2 aromatic heterocycles. The molecule has 1 aromatic carbocycles. The maximum absolute atomic E-state index is 13.8. The number of ether oxygens (including phenoxy) is 2. The Bertz CT molecular complexity index is 1070. The highest BCUT2D eigenvalue weighted by atomic mass is 19.1. The van der Waals surface area contributed by atoms with E-state index in [1.165, 1.54) is 12.1 Å². The van der Waals surface area contributed by atoms with Gasteiger partial charge in [0, 0.05) is 17.1 Å². The third-order valence-corrected chi connectivity index (χ3v) is 4.76. The molecule has 6 nitrogen and oxygen atoms in total. The largest absolute Gasteiger partial charge is 0.488 e. The average molecular weight is 411 g/mol. The number of carbonyl (C=O) groups excluding carboxylic acids is 1. The van der Waals surface area contributed by atoms with E-state index in [2.05, 4.69) is 9.97 Å². The summed E-state index contributed by atoms with van der Waals surface area (Å²) in [6.07, 6.45) is 3.07. The summed E-state index contributed by atoms with van der Waals surface area (Å²) in [7, 11) is 0. The molecule has 0 aliphatic carbocycles. The Kier molecular flexibility index (Phi) is 6.20. The Morgan fingerprint density at radius 3 is 2.67 bits per heavy atom. The number of primary amides is 1. The SMILES string of the molecule is Cc1cc(-c2ccnc3ccc(F)cc23)ncc1OCC(C)(CC(C)C)OC(N)=O. The second kappa shape index (κ2) is 8.65. The molecule has 0 spiro atoms. The summed E-state index contributed by atoms with van der Waals surface area (Å²) in [6, 6.07) is 8.18. The van der Waals surface area contributed by atoms with E-state index in [4.69, 9.17) is 15.2 Å². The molecule has 0 saturated heterocycles. The highest BCUT2D eigenvalue weighted by molar-refractivity contribution is 5.93. The van der Waals surface area contributed by atoms with Gasteiger partial charge in [0.1, 0.15) is 23.8 Å². The van der Waals surface area contributed by atoms with Crippen molar-refractivity contribution in [3.05, 3.63) is 54.1 Å². The van der Waals surface area contributed by atoms with Crippen LogP contribution in [0.4, 0.5) is 9.18 Å². The van der Waals surface area contributed by atoms with E-state index in [0.29, 0.717) is 34.7 Å². The van der Waals surface area contributed by atoms with Crippen LogP contribution in [-0.2, 0) is 4.74 Å². The molecule has 0 aliphatic heterocycles. The monoisotopic (exact) mass is 411 g/mol. The number of hydrogen-bond acceptors (Lipinski definition) is 5. The number of aryl methyl sites for hydroxylation is 1. The molecule has 0 fully saturated rings. The van der Waals surface area contributed by atoms with Crippen molar-refractivity contribution in [1.82, 2.24) is 9.97 Å². The first-order chi connectivity index (χ1) is 14.2. The molecule has 1 amide bonds. The van der Waals surface area contributed by atoms with E-state index in [9.17, 15) is 9.18 Å². The van der Waals surface area contributed by atoms with E-state index < -0.39 is 11.7 Å². The van der Waals surface area contributed by atoms with Crippen molar-refractivity contribution in [2.75, 3.05) is 6.61 Å². The van der Waals surface area contributed by atoms with Gasteiger partial charge in [-0.1, -0.05) is 13.8 Å². The van der Waals surface area contributed by atoms with E-state index in [-0.39, 0.29) is 12.4 Å². The van der Waals surface area contributed by atoms with Crippen LogP contribution in [0.2, 0.25) is 0 Å². The van der Waals surface area contributed by atoms with E-state index in [0.717, 1.165) is 11.1 Å². The minimum absolute atomic E-state index is 0.152. The zero-order valence-electron chi connectivity index (χ0n) is 17.6. The van der Waals surface area contributed by atoms with Crippen LogP contribution in [0.3, 0.4) is 0 Å². The first kappa shape index (κ1) is 21.5. The first-order valence-corrected chi connectivity index (χ1v) is 9.79. The van der Waals surface area contributed by atoms with E-state index in [1.54, 1.807) is 25.4 Å². The van der Waals surface area contributed by atoms with Gasteiger partial charge in [0.05, 0.1) is 17.4 Å². The third kappa shape index (κ3) is 5.03. The second-order valence-electron chi connectivity index (χ2n) is 8.11. The summed E-state index contributed by atoms with van der Waals surface area (Å²) >= 11 is 0. The van der Waals surface area contributed by atoms with Crippen LogP contribution in [0.25, 0.3) is 22.2 Å². The lowest BCUT2D eigenvalue weighted by Gasteiger charge is -2.30. The fourth-order valence-electron chi connectivity index (χ4n) is 3.65. The molecule has 1 unspecified atom stereocenters. The van der Waals surface area contributed by atoms with Crippen molar-refractivity contribution >= 4 is 17.0 Å². The van der Waals surface area contributed by atoms with Crippen LogP contribution in [0.15, 0.2) is 42.7 Å². The lowest BCUT2D eigenvalue weighted by atomic mass is 9.95. The topological polar surface area (TPSA) is 87.3 Å². The van der Waals surface area contributed by atoms with Gasteiger partial charge in [0.2, 0.25) is 0 Å². The summed E-state index contributed by atoms with van der Waals surface area (Å²) < 4.78 is 25.0. The minimum atomic E-state index is -0.843. The van der Waals surface area contributed by atoms with Crippen molar-refractivity contribution in [3.8, 4) is 17.0 Å². The number of hydrogen-bond donors (Lipinski definition) is 1. The van der Waals surface area contributed by atoms with Gasteiger partial charge in [0.15, 0.2) is 0 Å². The molecule has 1 atom stereocenters. The number of carbonyl (C=O) groups is 1. The predicted molar refractivity (Wildman–Crippen MR) is 114 cm³/mol. The quantitative estimate of drug-likeness (QED) is 0.590. The Hall–Kier alpha value is -3.22. The Labute approximate surface area is 175 Å². The fourth-order valence-corrected chi connectivity index (χ4v) is 3.65. The predicted octanol–water partition coefficient (Wildman–Crippen LogP) is 5.02. The maximum Gasteiger partial charge on any atom is 0.405 e. The molecule has 158 valence electrons. The number of halogens is 1. The number of rotatable bonds is 7. The number of nitrogens with zero attached hydrogens (tertiary/aromatic N) is 2. The van der Waals surface area contributed by atoms with Crippen molar-refractivity contribution in [3.63, 3.8) is 0 Å². The summed E-state index contributed by atoms with van der Waals surface area (Å²) in [5, 5.41) is 0.692. The third-order valence-electron chi connectivity index (χ3n) is 4.76. The number of aromatic nitrogens is 2. The number of nitrogens with two attached hydrogens (primary N) is 1. The standard InChI is InChI=1S/C23H26FN3O3/c1-14(2)11-23(4,30-22(25)28)13-29-21-12-27-20(9-15(21)3)17-7-8-26-19-6-5-16(24)10-18(17)19/h5-10,12,14H,11,13H2,1-4H3,(H2,25,28). The van der Waals surface area contributed by atoms with Crippen LogP contribution in [0, 0.1) is 18.7 Å². The normalized spacial score (nSPS) is 13.3. The molecule has 7 heteroatoms. The van der Waals surface area contributed by atoms with Gasteiger partial charge in [-0.25, -0.2) is 9.18 Å². The van der Waals surface area contributed by atoms with Gasteiger partial charge in [-0.05, 0) is 62.1 Å². The smallest absolute Gasteiger partial charge is 0.405 e. The van der Waals surface area contributed by atoms with Crippen LogP contribution < -0.4 is 10.5 Å². The summed E-state index contributed by atoms with van der Waals surface area (Å²) in [5.41, 5.74) is 7.42. The van der Waals surface area contributed by atoms with Crippen molar-refractivity contribution in [1.29, 1.82) is 0 Å². The van der Waals surface area contributed by atoms with Gasteiger partial charge in [-0.3, -0.25) is 9.97 Å². The van der Waals surface area contributed by atoms with Crippen LogP contribution in [-0.4, -0.2) is 28.3 Å². The molecule has 3 aromatic rings. The average Bonchev–Trinajstić information content (AvgIpc) is 2.65. The first-order valence-electron chi connectivity index (χ1n) is 9.79. The van der Waals surface area contributed by atoms with Crippen molar-refractivity contribution in [2.45, 2.75) is 39.7 Å². The van der Waals surface area contributed by atoms with Crippen LogP contribution >= 0.6 is 0 Å².